The molecular formula is C28H33F2N4O8PS. The lowest BCUT2D eigenvalue weighted by Crippen LogP contribution is -2.58. The van der Waals surface area contributed by atoms with Crippen molar-refractivity contribution in [3.8, 4) is 0 Å². The van der Waals surface area contributed by atoms with E-state index >= 15 is 0 Å². The van der Waals surface area contributed by atoms with Gasteiger partial charge in [0.2, 0.25) is 17.7 Å². The number of thiophene rings is 1. The Morgan fingerprint density at radius 3 is 2.45 bits per heavy atom. The van der Waals surface area contributed by atoms with Crippen LogP contribution in [0.5, 0.6) is 0 Å². The number of carbonyl (C=O) groups excluding carboxylic acids is 4. The van der Waals surface area contributed by atoms with Crippen LogP contribution in [0.3, 0.4) is 0 Å². The summed E-state index contributed by atoms with van der Waals surface area (Å²) in [4.78, 5) is 73.8. The zero-order valence-corrected chi connectivity index (χ0v) is 25.4. The van der Waals surface area contributed by atoms with Crippen molar-refractivity contribution in [1.82, 2.24) is 20.4 Å². The van der Waals surface area contributed by atoms with Crippen LogP contribution in [0.25, 0.3) is 10.1 Å². The van der Waals surface area contributed by atoms with E-state index in [1.807, 2.05) is 0 Å². The van der Waals surface area contributed by atoms with Crippen molar-refractivity contribution in [2.45, 2.75) is 75.0 Å². The SMILES string of the molecule is CC(=O)N1C[C@H](NC(=O)[C@@H]2CC[C@@H]3C[C@H]4C[C@H]4C[C@H](NC(=O)c4cc5cc(C(F)(F)P(=O)(O)O)ccc5s4)C(=O)N32)[C@@H](O)C1. The average molecular weight is 655 g/mol. The van der Waals surface area contributed by atoms with Crippen LogP contribution in [0.15, 0.2) is 24.3 Å². The predicted molar refractivity (Wildman–Crippen MR) is 154 cm³/mol. The van der Waals surface area contributed by atoms with Gasteiger partial charge in [-0.3, -0.25) is 23.7 Å². The molecule has 44 heavy (non-hydrogen) atoms. The molecule has 16 heteroatoms. The maximum atomic E-state index is 14.3. The number of aliphatic hydroxyl groups excluding tert-OH is 1. The molecule has 4 heterocycles. The number of alkyl halides is 2. The molecule has 4 amide bonds. The van der Waals surface area contributed by atoms with Crippen molar-refractivity contribution in [3.05, 3.63) is 34.7 Å². The summed E-state index contributed by atoms with van der Waals surface area (Å²) in [5, 5.41) is 16.2. The Balaban J connectivity index is 1.19. The smallest absolute Gasteiger partial charge is 0.389 e. The number of aliphatic hydroxyl groups is 1. The lowest BCUT2D eigenvalue weighted by atomic mass is 9.99. The Hall–Kier alpha value is -2.97. The van der Waals surface area contributed by atoms with Crippen LogP contribution in [-0.2, 0) is 24.6 Å². The van der Waals surface area contributed by atoms with Gasteiger partial charge in [0, 0.05) is 36.3 Å². The fourth-order valence-electron chi connectivity index (χ4n) is 6.85. The molecule has 3 aliphatic heterocycles. The summed E-state index contributed by atoms with van der Waals surface area (Å²) in [6.45, 7) is 1.67. The van der Waals surface area contributed by atoms with E-state index in [4.69, 9.17) is 9.79 Å². The number of carbonyl (C=O) groups is 4. The van der Waals surface area contributed by atoms with Crippen molar-refractivity contribution < 1.29 is 47.4 Å². The van der Waals surface area contributed by atoms with Gasteiger partial charge < -0.3 is 35.3 Å². The highest BCUT2D eigenvalue weighted by Gasteiger charge is 2.52. The number of amides is 4. The first kappa shape index (κ1) is 31.0. The molecule has 7 atom stereocenters. The van der Waals surface area contributed by atoms with E-state index in [9.17, 15) is 37.6 Å². The summed E-state index contributed by atoms with van der Waals surface area (Å²) in [6, 6.07) is 1.91. The van der Waals surface area contributed by atoms with Crippen LogP contribution in [0, 0.1) is 11.8 Å². The van der Waals surface area contributed by atoms with Gasteiger partial charge in [-0.2, -0.15) is 8.78 Å². The fourth-order valence-corrected chi connectivity index (χ4v) is 8.27. The van der Waals surface area contributed by atoms with Crippen LogP contribution in [0.4, 0.5) is 8.78 Å². The summed E-state index contributed by atoms with van der Waals surface area (Å²) in [5.74, 6) is -0.979. The molecule has 4 aliphatic rings. The quantitative estimate of drug-likeness (QED) is 0.293. The number of fused-ring (bicyclic) bond motifs is 3. The predicted octanol–water partition coefficient (Wildman–Crippen LogP) is 1.72. The van der Waals surface area contributed by atoms with E-state index in [-0.39, 0.29) is 47.1 Å². The van der Waals surface area contributed by atoms with Crippen LogP contribution in [0.1, 0.15) is 54.3 Å². The van der Waals surface area contributed by atoms with Gasteiger partial charge in [0.25, 0.3) is 5.91 Å². The topological polar surface area (TPSA) is 177 Å². The molecule has 12 nitrogen and oxygen atoms in total. The molecule has 6 rings (SSSR count). The van der Waals surface area contributed by atoms with Crippen molar-refractivity contribution in [3.63, 3.8) is 0 Å². The van der Waals surface area contributed by atoms with E-state index in [0.29, 0.717) is 29.9 Å². The number of nitrogens with zero attached hydrogens (tertiary/aromatic N) is 2. The van der Waals surface area contributed by atoms with Crippen molar-refractivity contribution in [1.29, 1.82) is 0 Å². The van der Waals surface area contributed by atoms with Crippen LogP contribution in [0.2, 0.25) is 0 Å². The molecule has 1 saturated carbocycles. The Bertz CT molecular complexity index is 1580. The molecule has 0 bridgehead atoms. The van der Waals surface area contributed by atoms with E-state index in [1.54, 1.807) is 4.90 Å². The van der Waals surface area contributed by atoms with E-state index in [0.717, 1.165) is 36.3 Å². The zero-order valence-electron chi connectivity index (χ0n) is 23.7. The number of benzene rings is 1. The largest absolute Gasteiger partial charge is 0.399 e. The first-order valence-corrected chi connectivity index (χ1v) is 16.9. The normalized spacial score (nSPS) is 30.4. The Labute approximate surface area is 254 Å². The van der Waals surface area contributed by atoms with Gasteiger partial charge in [0.05, 0.1) is 17.0 Å². The minimum Gasteiger partial charge on any atom is -0.389 e. The number of halogens is 2. The number of hydrogen-bond acceptors (Lipinski definition) is 7. The standard InChI is InChI=1S/C28H33F2N4O8PS/c1-13(35)33-11-20(22(36)12-33)32-25(37)21-4-3-18-8-14-6-15(14)9-19(27(39)34(18)21)31-26(38)24-10-16-7-17(2-5-23(16)44-24)28(29,30)43(40,41)42/h2,5,7,10,14-15,18-22,36H,3-4,6,8-9,11-12H2,1H3,(H,31,38)(H,32,37)(H2,40,41,42)/t14-,15+,18-,19+,20+,21+,22+/m1/s1. The number of nitrogens with one attached hydrogen (secondary N) is 2. The van der Waals surface area contributed by atoms with E-state index in [1.165, 1.54) is 24.0 Å². The second kappa shape index (κ2) is 11.1. The fraction of sp³-hybridized carbons (Fsp3) is 0.571. The summed E-state index contributed by atoms with van der Waals surface area (Å²) < 4.78 is 40.3. The van der Waals surface area contributed by atoms with Gasteiger partial charge in [-0.25, -0.2) is 0 Å². The van der Waals surface area contributed by atoms with Gasteiger partial charge in [0.1, 0.15) is 12.1 Å². The molecule has 0 radical (unpaired) electrons. The van der Waals surface area contributed by atoms with E-state index < -0.39 is 54.9 Å². The van der Waals surface area contributed by atoms with Gasteiger partial charge in [0.15, 0.2) is 0 Å². The molecule has 4 fully saturated rings. The summed E-state index contributed by atoms with van der Waals surface area (Å²) in [5.41, 5.74) is -5.27. The third kappa shape index (κ3) is 5.64. The molecule has 238 valence electrons. The zero-order chi connectivity index (χ0) is 31.7. The van der Waals surface area contributed by atoms with Crippen molar-refractivity contribution in [2.75, 3.05) is 13.1 Å². The molecule has 3 saturated heterocycles. The third-order valence-electron chi connectivity index (χ3n) is 9.36. The highest BCUT2D eigenvalue weighted by Crippen LogP contribution is 2.59. The number of rotatable bonds is 6. The van der Waals surface area contributed by atoms with E-state index in [2.05, 4.69) is 10.6 Å². The van der Waals surface area contributed by atoms with Gasteiger partial charge in [-0.15, -0.1) is 11.3 Å². The monoisotopic (exact) mass is 654 g/mol. The maximum absolute atomic E-state index is 14.3. The average Bonchev–Trinajstić information content (AvgIpc) is 3.27. The lowest BCUT2D eigenvalue weighted by molar-refractivity contribution is -0.143. The molecule has 1 aromatic heterocycles. The lowest BCUT2D eigenvalue weighted by Gasteiger charge is -2.35. The first-order chi connectivity index (χ1) is 20.6. The second-order valence-electron chi connectivity index (χ2n) is 12.3. The third-order valence-corrected chi connectivity index (χ3v) is 11.5. The number of likely N-dealkylation sites (tertiary alicyclic amines) is 1. The molecular weight excluding hydrogens is 621 g/mol. The Kier molecular flexibility index (Phi) is 7.85. The van der Waals surface area contributed by atoms with Crippen LogP contribution >= 0.6 is 18.9 Å². The number of hydrogen-bond donors (Lipinski definition) is 5. The Morgan fingerprint density at radius 1 is 1.05 bits per heavy atom. The molecule has 2 aromatic rings. The minimum atomic E-state index is -5.77. The van der Waals surface area contributed by atoms with Gasteiger partial charge >= 0.3 is 13.3 Å². The maximum Gasteiger partial charge on any atom is 0.399 e. The Morgan fingerprint density at radius 2 is 1.77 bits per heavy atom. The molecule has 0 unspecified atom stereocenters. The molecule has 1 aromatic carbocycles. The molecule has 5 N–H and O–H groups in total. The van der Waals surface area contributed by atoms with Crippen LogP contribution < -0.4 is 10.6 Å². The van der Waals surface area contributed by atoms with Gasteiger partial charge in [-0.1, -0.05) is 6.07 Å². The number of β-amino-alcohol motifs (C(OH)–C–C–N with tert-alkyl or cyclic N) is 1. The first-order valence-electron chi connectivity index (χ1n) is 14.5. The second-order valence-corrected chi connectivity index (χ2v) is 15.0. The molecule has 1 aliphatic carbocycles. The minimum absolute atomic E-state index is 0.110. The van der Waals surface area contributed by atoms with Crippen LogP contribution in [-0.4, -0.2) is 91.7 Å². The van der Waals surface area contributed by atoms with Crippen molar-refractivity contribution >= 4 is 52.6 Å². The molecule has 0 spiro atoms. The highest BCUT2D eigenvalue weighted by molar-refractivity contribution is 7.52. The van der Waals surface area contributed by atoms with Crippen molar-refractivity contribution in [2.24, 2.45) is 11.8 Å². The summed E-state index contributed by atoms with van der Waals surface area (Å²) >= 11 is 0.996. The summed E-state index contributed by atoms with van der Waals surface area (Å²) in [7, 11) is -5.77. The highest BCUT2D eigenvalue weighted by atomic mass is 32.1. The summed E-state index contributed by atoms with van der Waals surface area (Å²) in [6.07, 6.45) is 2.20. The van der Waals surface area contributed by atoms with Gasteiger partial charge in [-0.05, 0) is 67.5 Å².